The molecule has 0 bridgehead atoms. The maximum atomic E-state index is 3.60. The van der Waals surface area contributed by atoms with Gasteiger partial charge < -0.3 is 5.32 Å². The molecule has 1 atom stereocenters. The van der Waals surface area contributed by atoms with Gasteiger partial charge in [-0.25, -0.2) is 0 Å². The summed E-state index contributed by atoms with van der Waals surface area (Å²) >= 11 is 0. The third-order valence-corrected chi connectivity index (χ3v) is 2.45. The largest absolute Gasteiger partial charge is 0.314 e. The first-order chi connectivity index (χ1) is 6.72. The number of hydrogen-bond acceptors (Lipinski definition) is 1. The normalized spacial score (nSPS) is 12.4. The van der Waals surface area contributed by atoms with Gasteiger partial charge in [0.2, 0.25) is 0 Å². The van der Waals surface area contributed by atoms with Crippen LogP contribution < -0.4 is 5.32 Å². The maximum absolute atomic E-state index is 3.60. The Morgan fingerprint density at radius 1 is 1.29 bits per heavy atom. The lowest BCUT2D eigenvalue weighted by molar-refractivity contribution is 0.372. The smallest absolute Gasteiger partial charge is 0.00903 e. The second-order valence-corrected chi connectivity index (χ2v) is 4.12. The summed E-state index contributed by atoms with van der Waals surface area (Å²) in [6.07, 6.45) is 4.75. The van der Waals surface area contributed by atoms with Crippen LogP contribution in [0, 0.1) is 17.8 Å². The molecule has 82 valence electrons. The van der Waals surface area contributed by atoms with Crippen molar-refractivity contribution in [2.75, 3.05) is 6.54 Å². The Morgan fingerprint density at radius 3 is 2.50 bits per heavy atom. The number of rotatable bonds is 7. The standard InChI is InChI=1S/C13H25N/c1-5-7-8-9-10-13(12(3)4)14-11-6-2/h12-14H,6,8-11H2,1-4H3. The van der Waals surface area contributed by atoms with Gasteiger partial charge in [-0.1, -0.05) is 20.8 Å². The first-order valence-corrected chi connectivity index (χ1v) is 5.85. The fourth-order valence-electron chi connectivity index (χ4n) is 1.54. The van der Waals surface area contributed by atoms with E-state index < -0.39 is 0 Å². The first-order valence-electron chi connectivity index (χ1n) is 5.85. The number of nitrogens with one attached hydrogen (secondary N) is 1. The van der Waals surface area contributed by atoms with Crippen molar-refractivity contribution in [3.8, 4) is 11.8 Å². The van der Waals surface area contributed by atoms with Crippen LogP contribution in [0.1, 0.15) is 53.4 Å². The molecule has 1 unspecified atom stereocenters. The van der Waals surface area contributed by atoms with E-state index >= 15 is 0 Å². The highest BCUT2D eigenvalue weighted by Gasteiger charge is 2.10. The molecule has 0 aliphatic rings. The highest BCUT2D eigenvalue weighted by Crippen LogP contribution is 2.09. The Labute approximate surface area is 89.7 Å². The molecule has 0 aromatic carbocycles. The van der Waals surface area contributed by atoms with Gasteiger partial charge in [-0.3, -0.25) is 0 Å². The molecule has 0 aromatic rings. The lowest BCUT2D eigenvalue weighted by Gasteiger charge is -2.21. The SMILES string of the molecule is CC#CCCCC(NCCC)C(C)C. The van der Waals surface area contributed by atoms with Crippen LogP contribution in [-0.2, 0) is 0 Å². The Morgan fingerprint density at radius 2 is 2.00 bits per heavy atom. The lowest BCUT2D eigenvalue weighted by Crippen LogP contribution is -2.34. The highest BCUT2D eigenvalue weighted by atomic mass is 14.9. The van der Waals surface area contributed by atoms with Crippen molar-refractivity contribution in [3.63, 3.8) is 0 Å². The van der Waals surface area contributed by atoms with E-state index in [1.54, 1.807) is 0 Å². The van der Waals surface area contributed by atoms with Crippen molar-refractivity contribution in [1.82, 2.24) is 5.32 Å². The summed E-state index contributed by atoms with van der Waals surface area (Å²) in [7, 11) is 0. The van der Waals surface area contributed by atoms with Crippen LogP contribution >= 0.6 is 0 Å². The number of hydrogen-bond donors (Lipinski definition) is 1. The van der Waals surface area contributed by atoms with E-state index in [1.165, 1.54) is 19.3 Å². The molecule has 0 spiro atoms. The summed E-state index contributed by atoms with van der Waals surface area (Å²) in [6.45, 7) is 9.85. The molecular weight excluding hydrogens is 170 g/mol. The summed E-state index contributed by atoms with van der Waals surface area (Å²) in [5.41, 5.74) is 0. The van der Waals surface area contributed by atoms with Crippen LogP contribution in [0.4, 0.5) is 0 Å². The molecule has 0 saturated carbocycles. The minimum Gasteiger partial charge on any atom is -0.314 e. The molecule has 0 aliphatic carbocycles. The van der Waals surface area contributed by atoms with Crippen LogP contribution in [0.5, 0.6) is 0 Å². The van der Waals surface area contributed by atoms with E-state index in [-0.39, 0.29) is 0 Å². The average molecular weight is 195 g/mol. The molecule has 0 aromatic heterocycles. The van der Waals surface area contributed by atoms with E-state index in [4.69, 9.17) is 0 Å². The van der Waals surface area contributed by atoms with Gasteiger partial charge in [0.25, 0.3) is 0 Å². The molecular formula is C13H25N. The second-order valence-electron chi connectivity index (χ2n) is 4.12. The minimum absolute atomic E-state index is 0.675. The van der Waals surface area contributed by atoms with Gasteiger partial charge in [-0.15, -0.1) is 11.8 Å². The van der Waals surface area contributed by atoms with E-state index in [0.29, 0.717) is 6.04 Å². The Balaban J connectivity index is 3.65. The zero-order valence-corrected chi connectivity index (χ0v) is 10.2. The lowest BCUT2D eigenvalue weighted by atomic mass is 9.98. The molecule has 0 rings (SSSR count). The van der Waals surface area contributed by atoms with Crippen molar-refractivity contribution in [2.24, 2.45) is 5.92 Å². The van der Waals surface area contributed by atoms with Crippen LogP contribution in [-0.4, -0.2) is 12.6 Å². The van der Waals surface area contributed by atoms with E-state index in [0.717, 1.165) is 18.9 Å². The van der Waals surface area contributed by atoms with Gasteiger partial charge in [-0.05, 0) is 38.6 Å². The maximum Gasteiger partial charge on any atom is 0.00903 e. The highest BCUT2D eigenvalue weighted by molar-refractivity contribution is 4.94. The zero-order chi connectivity index (χ0) is 10.8. The summed E-state index contributed by atoms with van der Waals surface area (Å²) in [4.78, 5) is 0. The number of unbranched alkanes of at least 4 members (excludes halogenated alkanes) is 1. The predicted octanol–water partition coefficient (Wildman–Crippen LogP) is 3.20. The van der Waals surface area contributed by atoms with Crippen molar-refractivity contribution in [3.05, 3.63) is 0 Å². The van der Waals surface area contributed by atoms with Gasteiger partial charge >= 0.3 is 0 Å². The average Bonchev–Trinajstić information content (AvgIpc) is 2.16. The molecule has 0 amide bonds. The van der Waals surface area contributed by atoms with Crippen molar-refractivity contribution < 1.29 is 0 Å². The summed E-state index contributed by atoms with van der Waals surface area (Å²) in [5.74, 6) is 6.80. The van der Waals surface area contributed by atoms with Crippen LogP contribution in [0.15, 0.2) is 0 Å². The zero-order valence-electron chi connectivity index (χ0n) is 10.2. The summed E-state index contributed by atoms with van der Waals surface area (Å²) < 4.78 is 0. The van der Waals surface area contributed by atoms with Gasteiger partial charge in [0.15, 0.2) is 0 Å². The quantitative estimate of drug-likeness (QED) is 0.486. The van der Waals surface area contributed by atoms with Crippen LogP contribution in [0.2, 0.25) is 0 Å². The fourth-order valence-corrected chi connectivity index (χ4v) is 1.54. The first kappa shape index (κ1) is 13.5. The molecule has 0 aliphatic heterocycles. The van der Waals surface area contributed by atoms with E-state index in [2.05, 4.69) is 37.9 Å². The Kier molecular flexibility index (Phi) is 8.78. The predicted molar refractivity (Wildman–Crippen MR) is 64.2 cm³/mol. The Hall–Kier alpha value is -0.480. The molecule has 0 radical (unpaired) electrons. The third kappa shape index (κ3) is 6.97. The topological polar surface area (TPSA) is 12.0 Å². The van der Waals surface area contributed by atoms with Crippen molar-refractivity contribution in [2.45, 2.75) is 59.4 Å². The Bertz CT molecular complexity index is 173. The fraction of sp³-hybridized carbons (Fsp3) is 0.846. The van der Waals surface area contributed by atoms with Crippen LogP contribution in [0.25, 0.3) is 0 Å². The molecule has 14 heavy (non-hydrogen) atoms. The molecule has 0 fully saturated rings. The van der Waals surface area contributed by atoms with Gasteiger partial charge in [-0.2, -0.15) is 0 Å². The molecule has 0 saturated heterocycles. The van der Waals surface area contributed by atoms with Gasteiger partial charge in [0.1, 0.15) is 0 Å². The molecule has 1 nitrogen and oxygen atoms in total. The van der Waals surface area contributed by atoms with E-state index in [1.807, 2.05) is 6.92 Å². The molecule has 1 N–H and O–H groups in total. The van der Waals surface area contributed by atoms with Crippen molar-refractivity contribution in [1.29, 1.82) is 0 Å². The minimum atomic E-state index is 0.675. The monoisotopic (exact) mass is 195 g/mol. The molecule has 1 heteroatoms. The summed E-state index contributed by atoms with van der Waals surface area (Å²) in [5, 5.41) is 3.60. The van der Waals surface area contributed by atoms with Gasteiger partial charge in [0.05, 0.1) is 0 Å². The van der Waals surface area contributed by atoms with E-state index in [9.17, 15) is 0 Å². The molecule has 0 heterocycles. The summed E-state index contributed by atoms with van der Waals surface area (Å²) in [6, 6.07) is 0.675. The van der Waals surface area contributed by atoms with Gasteiger partial charge in [0, 0.05) is 12.5 Å². The van der Waals surface area contributed by atoms with Crippen LogP contribution in [0.3, 0.4) is 0 Å². The third-order valence-electron chi connectivity index (χ3n) is 2.45. The second kappa shape index (κ2) is 9.09. The van der Waals surface area contributed by atoms with Crippen molar-refractivity contribution >= 4 is 0 Å².